The molecule has 0 unspecified atom stereocenters. The number of rotatable bonds is 3. The third-order valence-corrected chi connectivity index (χ3v) is 1.94. The third-order valence-electron chi connectivity index (χ3n) is 1.94. The molecule has 2 rings (SSSR count). The van der Waals surface area contributed by atoms with Crippen LogP contribution in [0.3, 0.4) is 0 Å². The van der Waals surface area contributed by atoms with Crippen LogP contribution < -0.4 is 0 Å². The van der Waals surface area contributed by atoms with Crippen molar-refractivity contribution in [3.63, 3.8) is 0 Å². The van der Waals surface area contributed by atoms with E-state index in [1.54, 1.807) is 0 Å². The molecule has 1 aliphatic carbocycles. The molecule has 1 heterocycles. The van der Waals surface area contributed by atoms with Gasteiger partial charge in [-0.05, 0) is 12.8 Å². The number of imidazole rings is 1. The maximum absolute atomic E-state index is 10.1. The van der Waals surface area contributed by atoms with Gasteiger partial charge in [0, 0.05) is 17.8 Å². The van der Waals surface area contributed by atoms with E-state index in [0.717, 1.165) is 12.1 Å². The molecule has 0 aliphatic heterocycles. The molecule has 0 atom stereocenters. The van der Waals surface area contributed by atoms with Crippen molar-refractivity contribution in [1.29, 1.82) is 0 Å². The molecule has 0 spiro atoms. The first-order valence-electron chi connectivity index (χ1n) is 3.87. The van der Waals surface area contributed by atoms with E-state index in [9.17, 15) is 4.79 Å². The monoisotopic (exact) mass is 150 g/mol. The van der Waals surface area contributed by atoms with Crippen LogP contribution in [0, 0.1) is 0 Å². The van der Waals surface area contributed by atoms with Crippen molar-refractivity contribution in [1.82, 2.24) is 9.97 Å². The van der Waals surface area contributed by atoms with Gasteiger partial charge in [0.15, 0.2) is 0 Å². The highest BCUT2D eigenvalue weighted by atomic mass is 16.1. The summed E-state index contributed by atoms with van der Waals surface area (Å²) in [5.41, 5.74) is 1.20. The summed E-state index contributed by atoms with van der Waals surface area (Å²) in [5.74, 6) is 1.49. The number of aromatic nitrogens is 2. The van der Waals surface area contributed by atoms with Crippen LogP contribution >= 0.6 is 0 Å². The number of hydrogen-bond donors (Lipinski definition) is 1. The molecule has 3 heteroatoms. The largest absolute Gasteiger partial charge is 0.345 e. The van der Waals surface area contributed by atoms with Crippen molar-refractivity contribution in [2.75, 3.05) is 0 Å². The van der Waals surface area contributed by atoms with Gasteiger partial charge < -0.3 is 9.78 Å². The van der Waals surface area contributed by atoms with Crippen LogP contribution in [0.1, 0.15) is 30.3 Å². The Morgan fingerprint density at radius 3 is 3.18 bits per heavy atom. The Balaban J connectivity index is 2.11. The molecular weight excluding hydrogens is 140 g/mol. The van der Waals surface area contributed by atoms with Crippen LogP contribution in [0.5, 0.6) is 0 Å². The third kappa shape index (κ3) is 1.31. The molecule has 1 aliphatic rings. The van der Waals surface area contributed by atoms with E-state index >= 15 is 0 Å². The SMILES string of the molecule is O=CCc1ncc(C2CC2)[nH]1. The first kappa shape index (κ1) is 6.58. The lowest BCUT2D eigenvalue weighted by atomic mass is 10.3. The Kier molecular flexibility index (Phi) is 1.49. The zero-order chi connectivity index (χ0) is 7.68. The summed E-state index contributed by atoms with van der Waals surface area (Å²) in [6.45, 7) is 0. The molecule has 1 saturated carbocycles. The van der Waals surface area contributed by atoms with E-state index in [1.165, 1.54) is 18.5 Å². The average Bonchev–Trinajstić information content (AvgIpc) is 2.75. The highest BCUT2D eigenvalue weighted by Gasteiger charge is 2.25. The van der Waals surface area contributed by atoms with Crippen LogP contribution in [-0.2, 0) is 11.2 Å². The molecule has 11 heavy (non-hydrogen) atoms. The van der Waals surface area contributed by atoms with Gasteiger partial charge in [-0.3, -0.25) is 0 Å². The minimum absolute atomic E-state index is 0.409. The molecule has 3 nitrogen and oxygen atoms in total. The maximum Gasteiger partial charge on any atom is 0.127 e. The molecule has 1 fully saturated rings. The molecule has 1 aromatic rings. The molecule has 1 aromatic heterocycles. The van der Waals surface area contributed by atoms with E-state index in [2.05, 4.69) is 9.97 Å². The highest BCUT2D eigenvalue weighted by Crippen LogP contribution is 2.38. The second kappa shape index (κ2) is 2.49. The molecule has 1 N–H and O–H groups in total. The molecule has 0 radical (unpaired) electrons. The first-order chi connectivity index (χ1) is 5.40. The van der Waals surface area contributed by atoms with Crippen molar-refractivity contribution >= 4 is 6.29 Å². The van der Waals surface area contributed by atoms with E-state index in [1.807, 2.05) is 6.20 Å². The number of nitrogens with one attached hydrogen (secondary N) is 1. The Morgan fingerprint density at radius 2 is 2.55 bits per heavy atom. The maximum atomic E-state index is 10.1. The predicted molar refractivity (Wildman–Crippen MR) is 40.3 cm³/mol. The molecular formula is C8H10N2O. The average molecular weight is 150 g/mol. The van der Waals surface area contributed by atoms with E-state index in [-0.39, 0.29) is 0 Å². The number of nitrogens with zero attached hydrogens (tertiary/aromatic N) is 1. The molecule has 0 aromatic carbocycles. The van der Waals surface area contributed by atoms with Crippen molar-refractivity contribution < 1.29 is 4.79 Å². The molecule has 0 saturated heterocycles. The first-order valence-corrected chi connectivity index (χ1v) is 3.87. The standard InChI is InChI=1S/C8H10N2O/c11-4-3-8-9-5-7(10-8)6-1-2-6/h4-6H,1-3H2,(H,9,10). The predicted octanol–water partition coefficient (Wildman–Crippen LogP) is 1.03. The number of carbonyl (C=O) groups excluding carboxylic acids is 1. The van der Waals surface area contributed by atoms with Gasteiger partial charge >= 0.3 is 0 Å². The smallest absolute Gasteiger partial charge is 0.127 e. The second-order valence-corrected chi connectivity index (χ2v) is 2.93. The fourth-order valence-electron chi connectivity index (χ4n) is 1.16. The van der Waals surface area contributed by atoms with Crippen molar-refractivity contribution in [3.8, 4) is 0 Å². The minimum Gasteiger partial charge on any atom is -0.345 e. The lowest BCUT2D eigenvalue weighted by molar-refractivity contribution is -0.107. The summed E-state index contributed by atoms with van der Waals surface area (Å²) < 4.78 is 0. The van der Waals surface area contributed by atoms with Gasteiger partial charge in [-0.15, -0.1) is 0 Å². The summed E-state index contributed by atoms with van der Waals surface area (Å²) in [4.78, 5) is 17.3. The van der Waals surface area contributed by atoms with E-state index in [4.69, 9.17) is 0 Å². The fraction of sp³-hybridized carbons (Fsp3) is 0.500. The summed E-state index contributed by atoms with van der Waals surface area (Å²) in [5, 5.41) is 0. The van der Waals surface area contributed by atoms with Crippen molar-refractivity contribution in [3.05, 3.63) is 17.7 Å². The van der Waals surface area contributed by atoms with Crippen LogP contribution in [-0.4, -0.2) is 16.3 Å². The van der Waals surface area contributed by atoms with Gasteiger partial charge in [0.2, 0.25) is 0 Å². The van der Waals surface area contributed by atoms with Gasteiger partial charge in [-0.2, -0.15) is 0 Å². The zero-order valence-electron chi connectivity index (χ0n) is 6.21. The molecule has 0 bridgehead atoms. The van der Waals surface area contributed by atoms with Gasteiger partial charge in [0.1, 0.15) is 12.1 Å². The van der Waals surface area contributed by atoms with E-state index < -0.39 is 0 Å². The number of aldehydes is 1. The summed E-state index contributed by atoms with van der Waals surface area (Å²) in [6.07, 6.45) is 5.66. The highest BCUT2D eigenvalue weighted by molar-refractivity contribution is 5.52. The van der Waals surface area contributed by atoms with Crippen LogP contribution in [0.2, 0.25) is 0 Å². The normalized spacial score (nSPS) is 16.7. The Bertz CT molecular complexity index is 263. The summed E-state index contributed by atoms with van der Waals surface area (Å²) in [6, 6.07) is 0. The van der Waals surface area contributed by atoms with Crippen LogP contribution in [0.4, 0.5) is 0 Å². The van der Waals surface area contributed by atoms with Crippen LogP contribution in [0.15, 0.2) is 6.20 Å². The second-order valence-electron chi connectivity index (χ2n) is 2.93. The van der Waals surface area contributed by atoms with Gasteiger partial charge in [-0.1, -0.05) is 0 Å². The topological polar surface area (TPSA) is 45.8 Å². The fourth-order valence-corrected chi connectivity index (χ4v) is 1.16. The Labute approximate surface area is 64.8 Å². The van der Waals surface area contributed by atoms with Gasteiger partial charge in [0.05, 0.1) is 6.42 Å². The van der Waals surface area contributed by atoms with Crippen molar-refractivity contribution in [2.24, 2.45) is 0 Å². The van der Waals surface area contributed by atoms with E-state index in [0.29, 0.717) is 12.3 Å². The van der Waals surface area contributed by atoms with Crippen LogP contribution in [0.25, 0.3) is 0 Å². The minimum atomic E-state index is 0.409. The zero-order valence-corrected chi connectivity index (χ0v) is 6.21. The quantitative estimate of drug-likeness (QED) is 0.654. The van der Waals surface area contributed by atoms with Crippen molar-refractivity contribution in [2.45, 2.75) is 25.2 Å². The molecule has 0 amide bonds. The van der Waals surface area contributed by atoms with Gasteiger partial charge in [0.25, 0.3) is 0 Å². The lowest BCUT2D eigenvalue weighted by Gasteiger charge is -1.87. The van der Waals surface area contributed by atoms with Gasteiger partial charge in [-0.25, -0.2) is 4.98 Å². The number of aromatic amines is 1. The number of carbonyl (C=O) groups is 1. The molecule has 58 valence electrons. The summed E-state index contributed by atoms with van der Waals surface area (Å²) >= 11 is 0. The number of hydrogen-bond acceptors (Lipinski definition) is 2. The number of H-pyrrole nitrogens is 1. The Hall–Kier alpha value is -1.12. The Morgan fingerprint density at radius 1 is 1.73 bits per heavy atom. The summed E-state index contributed by atoms with van der Waals surface area (Å²) in [7, 11) is 0. The lowest BCUT2D eigenvalue weighted by Crippen LogP contribution is -1.88.